The van der Waals surface area contributed by atoms with Gasteiger partial charge in [-0.05, 0) is 25.0 Å². The number of nitrogens with zero attached hydrogens (tertiary/aromatic N) is 1. The molecule has 1 fully saturated rings. The number of carbonyl (C=O) groups excluding carboxylic acids is 2. The zero-order valence-corrected chi connectivity index (χ0v) is 11.0. The Morgan fingerprint density at radius 3 is 3.05 bits per heavy atom. The topological polar surface area (TPSA) is 74.6 Å². The van der Waals surface area contributed by atoms with Crippen molar-refractivity contribution >= 4 is 11.9 Å². The van der Waals surface area contributed by atoms with Crippen molar-refractivity contribution in [2.45, 2.75) is 32.4 Å². The van der Waals surface area contributed by atoms with Crippen molar-refractivity contribution in [3.05, 3.63) is 24.2 Å². The molecule has 0 radical (unpaired) electrons. The Bertz CT molecular complexity index is 430. The molecule has 0 saturated carbocycles. The minimum atomic E-state index is -0.119. The monoisotopic (exact) mass is 265 g/mol. The van der Waals surface area contributed by atoms with Gasteiger partial charge in [0.2, 0.25) is 5.91 Å². The highest BCUT2D eigenvalue weighted by Gasteiger charge is 2.23. The third-order valence-electron chi connectivity index (χ3n) is 3.11. The highest BCUT2D eigenvalue weighted by Crippen LogP contribution is 2.10. The maximum absolute atomic E-state index is 12.0. The van der Waals surface area contributed by atoms with E-state index in [1.165, 1.54) is 6.92 Å². The lowest BCUT2D eigenvalue weighted by molar-refractivity contribution is -0.119. The second kappa shape index (κ2) is 6.26. The average Bonchev–Trinajstić information content (AvgIpc) is 2.88. The van der Waals surface area contributed by atoms with Gasteiger partial charge in [0.1, 0.15) is 5.76 Å². The molecule has 0 bridgehead atoms. The Morgan fingerprint density at radius 1 is 1.53 bits per heavy atom. The van der Waals surface area contributed by atoms with Crippen LogP contribution in [0.15, 0.2) is 22.8 Å². The second-order valence-electron chi connectivity index (χ2n) is 4.72. The lowest BCUT2D eigenvalue weighted by atomic mass is 10.1. The molecular weight excluding hydrogens is 246 g/mol. The van der Waals surface area contributed by atoms with E-state index < -0.39 is 0 Å². The Kier molecular flexibility index (Phi) is 4.43. The Balaban J connectivity index is 1.79. The van der Waals surface area contributed by atoms with Crippen LogP contribution in [0.2, 0.25) is 0 Å². The van der Waals surface area contributed by atoms with Crippen LogP contribution in [0.1, 0.15) is 25.5 Å². The molecule has 1 atom stereocenters. The maximum Gasteiger partial charge on any atom is 0.317 e. The number of carbonyl (C=O) groups is 2. The van der Waals surface area contributed by atoms with Crippen molar-refractivity contribution in [1.29, 1.82) is 0 Å². The zero-order chi connectivity index (χ0) is 13.7. The van der Waals surface area contributed by atoms with Crippen LogP contribution in [0, 0.1) is 0 Å². The van der Waals surface area contributed by atoms with E-state index in [2.05, 4.69) is 10.6 Å². The third-order valence-corrected chi connectivity index (χ3v) is 3.11. The van der Waals surface area contributed by atoms with Crippen LogP contribution in [0.3, 0.4) is 0 Å². The minimum Gasteiger partial charge on any atom is -0.467 e. The van der Waals surface area contributed by atoms with Crippen LogP contribution in [-0.2, 0) is 11.3 Å². The summed E-state index contributed by atoms with van der Waals surface area (Å²) in [5.41, 5.74) is 0. The summed E-state index contributed by atoms with van der Waals surface area (Å²) in [5, 5.41) is 5.67. The SMILES string of the molecule is CC(=O)N[C@H]1CCCN(C(=O)NCc2ccco2)C1. The van der Waals surface area contributed by atoms with E-state index in [0.717, 1.165) is 25.1 Å². The number of hydrogen-bond acceptors (Lipinski definition) is 3. The van der Waals surface area contributed by atoms with Crippen molar-refractivity contribution in [3.63, 3.8) is 0 Å². The van der Waals surface area contributed by atoms with Crippen LogP contribution in [0.25, 0.3) is 0 Å². The van der Waals surface area contributed by atoms with Gasteiger partial charge in [0.15, 0.2) is 0 Å². The van der Waals surface area contributed by atoms with E-state index in [4.69, 9.17) is 4.42 Å². The van der Waals surface area contributed by atoms with Gasteiger partial charge in [0.25, 0.3) is 0 Å². The van der Waals surface area contributed by atoms with Crippen LogP contribution < -0.4 is 10.6 Å². The number of rotatable bonds is 3. The highest BCUT2D eigenvalue weighted by molar-refractivity contribution is 5.75. The zero-order valence-electron chi connectivity index (χ0n) is 11.0. The first-order chi connectivity index (χ1) is 9.15. The van der Waals surface area contributed by atoms with Crippen molar-refractivity contribution in [3.8, 4) is 0 Å². The molecule has 2 rings (SSSR count). The van der Waals surface area contributed by atoms with E-state index >= 15 is 0 Å². The number of furan rings is 1. The molecule has 2 heterocycles. The van der Waals surface area contributed by atoms with Crippen LogP contribution >= 0.6 is 0 Å². The van der Waals surface area contributed by atoms with Crippen molar-refractivity contribution in [2.24, 2.45) is 0 Å². The van der Waals surface area contributed by atoms with Crippen molar-refractivity contribution in [2.75, 3.05) is 13.1 Å². The molecule has 2 N–H and O–H groups in total. The first-order valence-electron chi connectivity index (χ1n) is 6.47. The Hall–Kier alpha value is -1.98. The quantitative estimate of drug-likeness (QED) is 0.859. The molecule has 0 spiro atoms. The van der Waals surface area contributed by atoms with E-state index in [1.54, 1.807) is 17.2 Å². The minimum absolute atomic E-state index is 0.0529. The fourth-order valence-corrected chi connectivity index (χ4v) is 2.25. The molecular formula is C13H19N3O3. The van der Waals surface area contributed by atoms with Crippen molar-refractivity contribution in [1.82, 2.24) is 15.5 Å². The number of urea groups is 1. The molecule has 0 unspecified atom stereocenters. The maximum atomic E-state index is 12.0. The fraction of sp³-hybridized carbons (Fsp3) is 0.538. The van der Waals surface area contributed by atoms with Crippen LogP contribution in [0.5, 0.6) is 0 Å². The molecule has 104 valence electrons. The predicted molar refractivity (Wildman–Crippen MR) is 69.4 cm³/mol. The third kappa shape index (κ3) is 4.01. The molecule has 0 aliphatic carbocycles. The summed E-state index contributed by atoms with van der Waals surface area (Å²) in [7, 11) is 0. The molecule has 1 aliphatic rings. The normalized spacial score (nSPS) is 19.0. The molecule has 1 aromatic rings. The van der Waals surface area contributed by atoms with Crippen LogP contribution in [0.4, 0.5) is 4.79 Å². The Morgan fingerprint density at radius 2 is 2.37 bits per heavy atom. The van der Waals surface area contributed by atoms with Gasteiger partial charge >= 0.3 is 6.03 Å². The molecule has 1 aliphatic heterocycles. The lowest BCUT2D eigenvalue weighted by Gasteiger charge is -2.32. The Labute approximate surface area is 112 Å². The van der Waals surface area contributed by atoms with Gasteiger partial charge in [0, 0.05) is 26.1 Å². The van der Waals surface area contributed by atoms with Crippen LogP contribution in [-0.4, -0.2) is 36.0 Å². The number of amides is 3. The lowest BCUT2D eigenvalue weighted by Crippen LogP contribution is -2.51. The second-order valence-corrected chi connectivity index (χ2v) is 4.72. The number of likely N-dealkylation sites (tertiary alicyclic amines) is 1. The number of piperidine rings is 1. The molecule has 19 heavy (non-hydrogen) atoms. The number of hydrogen-bond donors (Lipinski definition) is 2. The smallest absolute Gasteiger partial charge is 0.317 e. The van der Waals surface area contributed by atoms with E-state index in [0.29, 0.717) is 13.1 Å². The summed E-state index contributed by atoms with van der Waals surface area (Å²) in [5.74, 6) is 0.673. The van der Waals surface area contributed by atoms with Gasteiger partial charge in [-0.3, -0.25) is 4.79 Å². The summed E-state index contributed by atoms with van der Waals surface area (Å²) in [4.78, 5) is 24.7. The summed E-state index contributed by atoms with van der Waals surface area (Å²) in [6.07, 6.45) is 3.40. The first-order valence-corrected chi connectivity index (χ1v) is 6.47. The van der Waals surface area contributed by atoms with Gasteiger partial charge in [-0.1, -0.05) is 0 Å². The standard InChI is InChI=1S/C13H19N3O3/c1-10(17)15-11-4-2-6-16(9-11)13(18)14-8-12-5-3-7-19-12/h3,5,7,11H,2,4,6,8-9H2,1H3,(H,14,18)(H,15,17)/t11-/m0/s1. The molecule has 1 aromatic heterocycles. The summed E-state index contributed by atoms with van der Waals surface area (Å²) >= 11 is 0. The predicted octanol–water partition coefficient (Wildman–Crippen LogP) is 1.09. The van der Waals surface area contributed by atoms with Gasteiger partial charge in [-0.2, -0.15) is 0 Å². The molecule has 3 amide bonds. The van der Waals surface area contributed by atoms with E-state index in [1.807, 2.05) is 6.07 Å². The van der Waals surface area contributed by atoms with Crippen molar-refractivity contribution < 1.29 is 14.0 Å². The number of nitrogens with one attached hydrogen (secondary N) is 2. The van der Waals surface area contributed by atoms with Gasteiger partial charge < -0.3 is 20.0 Å². The molecule has 6 nitrogen and oxygen atoms in total. The summed E-state index contributed by atoms with van der Waals surface area (Å²) < 4.78 is 5.15. The van der Waals surface area contributed by atoms with Gasteiger partial charge in [0.05, 0.1) is 12.8 Å². The molecule has 6 heteroatoms. The molecule has 1 saturated heterocycles. The van der Waals surface area contributed by atoms with E-state index in [-0.39, 0.29) is 18.0 Å². The van der Waals surface area contributed by atoms with Gasteiger partial charge in [-0.15, -0.1) is 0 Å². The average molecular weight is 265 g/mol. The molecule has 0 aromatic carbocycles. The van der Waals surface area contributed by atoms with Gasteiger partial charge in [-0.25, -0.2) is 4.79 Å². The van der Waals surface area contributed by atoms with E-state index in [9.17, 15) is 9.59 Å². The fourth-order valence-electron chi connectivity index (χ4n) is 2.25. The first kappa shape index (κ1) is 13.5. The largest absolute Gasteiger partial charge is 0.467 e. The summed E-state index contributed by atoms with van der Waals surface area (Å²) in [6, 6.07) is 3.54. The highest BCUT2D eigenvalue weighted by atomic mass is 16.3. The summed E-state index contributed by atoms with van der Waals surface area (Å²) in [6.45, 7) is 3.16.